The summed E-state index contributed by atoms with van der Waals surface area (Å²) in [5.41, 5.74) is 3.47. The lowest BCUT2D eigenvalue weighted by atomic mass is 9.83. The summed E-state index contributed by atoms with van der Waals surface area (Å²) < 4.78 is 0. The third-order valence-corrected chi connectivity index (χ3v) is 18.5. The monoisotopic (exact) mass is 1200 g/mol. The number of likely N-dealkylation sites (tertiary alicyclic amines) is 1. The number of amides is 8. The fourth-order valence-corrected chi connectivity index (χ4v) is 13.3. The molecule has 8 rings (SSSR count). The van der Waals surface area contributed by atoms with Gasteiger partial charge in [-0.3, -0.25) is 38.4 Å². The first kappa shape index (κ1) is 66.3. The predicted molar refractivity (Wildman–Crippen MR) is 341 cm³/mol. The van der Waals surface area contributed by atoms with Crippen LogP contribution in [0.3, 0.4) is 0 Å². The van der Waals surface area contributed by atoms with Gasteiger partial charge in [-0.1, -0.05) is 179 Å². The van der Waals surface area contributed by atoms with Crippen LogP contribution in [0.1, 0.15) is 157 Å². The largest absolute Gasteiger partial charge is 0.354 e. The van der Waals surface area contributed by atoms with E-state index >= 15 is 0 Å². The smallest absolute Gasteiger partial charge is 0.268 e. The van der Waals surface area contributed by atoms with E-state index in [1.54, 1.807) is 38.9 Å². The fourth-order valence-electron chi connectivity index (χ4n) is 13.3. The molecule has 3 fully saturated rings. The van der Waals surface area contributed by atoms with Crippen LogP contribution in [-0.4, -0.2) is 140 Å². The number of carbonyl (C=O) groups excluding carboxylic acids is 8. The zero-order valence-electron chi connectivity index (χ0n) is 52.0. The third-order valence-electron chi connectivity index (χ3n) is 18.5. The number of unbranched alkanes of at least 4 members (excludes halogenated alkanes) is 3. The second-order valence-corrected chi connectivity index (χ2v) is 24.4. The van der Waals surface area contributed by atoms with Crippen LogP contribution in [0, 0.1) is 11.8 Å². The number of nitrogens with one attached hydrogen (secondary N) is 8. The van der Waals surface area contributed by atoms with Crippen LogP contribution in [0.25, 0.3) is 0 Å². The van der Waals surface area contributed by atoms with Gasteiger partial charge in [0, 0.05) is 38.0 Å². The van der Waals surface area contributed by atoms with E-state index in [4.69, 9.17) is 0 Å². The van der Waals surface area contributed by atoms with Gasteiger partial charge in [0.2, 0.25) is 41.4 Å². The molecule has 4 aromatic rings. The molecule has 4 aromatic carbocycles. The molecule has 0 bridgehead atoms. The highest BCUT2D eigenvalue weighted by atomic mass is 16.2. The first-order chi connectivity index (χ1) is 42.8. The fraction of sp³-hybridized carbons (Fsp3) is 0.514. The number of hydrogen-bond donors (Lipinski definition) is 8. The topological polar surface area (TPSA) is 239 Å². The van der Waals surface area contributed by atoms with Crippen molar-refractivity contribution in [3.63, 3.8) is 0 Å². The lowest BCUT2D eigenvalue weighted by molar-refractivity contribution is -0.143. The van der Waals surface area contributed by atoms with Gasteiger partial charge >= 0.3 is 0 Å². The van der Waals surface area contributed by atoms with Crippen molar-refractivity contribution in [3.8, 4) is 0 Å². The van der Waals surface area contributed by atoms with Gasteiger partial charge in [0.25, 0.3) is 5.91 Å². The van der Waals surface area contributed by atoms with E-state index in [9.17, 15) is 38.4 Å². The number of carbonyl (C=O) groups is 8. The van der Waals surface area contributed by atoms with E-state index in [1.807, 2.05) is 121 Å². The predicted octanol–water partition coefficient (Wildman–Crippen LogP) is 6.87. The minimum atomic E-state index is -1.09. The van der Waals surface area contributed by atoms with Crippen LogP contribution < -0.4 is 42.5 Å². The molecule has 2 aliphatic carbocycles. The van der Waals surface area contributed by atoms with E-state index in [1.165, 1.54) is 4.90 Å². The average molecular weight is 1200 g/mol. The van der Waals surface area contributed by atoms with Crippen LogP contribution in [0.4, 0.5) is 0 Å². The van der Waals surface area contributed by atoms with Gasteiger partial charge in [-0.25, -0.2) is 0 Å². The summed E-state index contributed by atoms with van der Waals surface area (Å²) in [4.78, 5) is 118. The summed E-state index contributed by atoms with van der Waals surface area (Å²) in [7, 11) is 3.40. The van der Waals surface area contributed by atoms with Gasteiger partial charge in [-0.15, -0.1) is 0 Å². The van der Waals surface area contributed by atoms with E-state index in [-0.39, 0.29) is 59.5 Å². The van der Waals surface area contributed by atoms with Crippen molar-refractivity contribution in [2.45, 2.75) is 177 Å². The second kappa shape index (κ2) is 33.6. The second-order valence-electron chi connectivity index (χ2n) is 24.4. The lowest BCUT2D eigenvalue weighted by Gasteiger charge is -2.36. The first-order valence-corrected chi connectivity index (χ1v) is 32.4. The van der Waals surface area contributed by atoms with Gasteiger partial charge in [0.15, 0.2) is 0 Å². The van der Waals surface area contributed by atoms with Crippen molar-refractivity contribution >= 4 is 47.3 Å². The van der Waals surface area contributed by atoms with Crippen LogP contribution in [-0.2, 0) is 38.4 Å². The van der Waals surface area contributed by atoms with Crippen LogP contribution in [0.5, 0.6) is 0 Å². The van der Waals surface area contributed by atoms with E-state index in [0.717, 1.165) is 86.5 Å². The average Bonchev–Trinajstić information content (AvgIpc) is 4.40. The maximum absolute atomic E-state index is 14.8. The van der Waals surface area contributed by atoms with E-state index < -0.39 is 65.9 Å². The van der Waals surface area contributed by atoms with Crippen molar-refractivity contribution < 1.29 is 38.4 Å². The van der Waals surface area contributed by atoms with Gasteiger partial charge in [-0.2, -0.15) is 0 Å². The van der Waals surface area contributed by atoms with Gasteiger partial charge in [0.05, 0.1) is 12.1 Å². The molecule has 2 saturated carbocycles. The molecule has 1 unspecified atom stereocenters. The number of rotatable bonds is 29. The summed E-state index contributed by atoms with van der Waals surface area (Å²) in [6.45, 7) is 4.75. The normalized spacial score (nSPS) is 18.5. The van der Waals surface area contributed by atoms with Crippen molar-refractivity contribution in [2.75, 3.05) is 40.3 Å². The highest BCUT2D eigenvalue weighted by Gasteiger charge is 2.44. The lowest BCUT2D eigenvalue weighted by Crippen LogP contribution is -2.59. The van der Waals surface area contributed by atoms with Crippen LogP contribution in [0.2, 0.25) is 0 Å². The highest BCUT2D eigenvalue weighted by Crippen LogP contribution is 2.34. The molecule has 88 heavy (non-hydrogen) atoms. The highest BCUT2D eigenvalue weighted by molar-refractivity contribution is 6.02. The summed E-state index contributed by atoms with van der Waals surface area (Å²) in [5, 5.41) is 24.6. The van der Waals surface area contributed by atoms with Crippen LogP contribution in [0.15, 0.2) is 133 Å². The molecule has 1 saturated heterocycles. The molecule has 18 nitrogen and oxygen atoms in total. The molecule has 8 N–H and O–H groups in total. The SMILES string of the molecule is CN[C@@H](C)C(=O)N[C@H](C(=O)N1CCC=C1C(=O)N[C@H](C(=O)NCCCCCCNC(=O)C(NC(=O)[C@@H]1CCCN1C(=O)[C@@H](NC(=O)[C@H](C)NC)C1CCCCC1)C(c1ccccc1)c1ccccc1)C(c1ccccc1)c1ccccc1)C1CCCCC1. The molecule has 0 spiro atoms. The van der Waals surface area contributed by atoms with Gasteiger partial charge in [0.1, 0.15) is 35.9 Å². The Morgan fingerprint density at radius 2 is 0.864 bits per heavy atom. The molecule has 0 aromatic heterocycles. The maximum Gasteiger partial charge on any atom is 0.268 e. The molecule has 18 heteroatoms. The van der Waals surface area contributed by atoms with Crippen molar-refractivity contribution in [1.29, 1.82) is 0 Å². The molecule has 4 aliphatic rings. The molecule has 8 amide bonds. The number of hydrogen-bond acceptors (Lipinski definition) is 10. The van der Waals surface area contributed by atoms with Crippen molar-refractivity contribution in [3.05, 3.63) is 155 Å². The Morgan fingerprint density at radius 1 is 0.455 bits per heavy atom. The summed E-state index contributed by atoms with van der Waals surface area (Å²) in [6.07, 6.45) is 15.0. The Hall–Kier alpha value is -7.70. The Morgan fingerprint density at radius 3 is 1.28 bits per heavy atom. The molecule has 2 heterocycles. The van der Waals surface area contributed by atoms with Gasteiger partial charge in [-0.05, 0) is 120 Å². The first-order valence-electron chi connectivity index (χ1n) is 32.4. The molecule has 2 aliphatic heterocycles. The minimum Gasteiger partial charge on any atom is -0.354 e. The van der Waals surface area contributed by atoms with Crippen LogP contribution >= 0.6 is 0 Å². The van der Waals surface area contributed by atoms with E-state index in [2.05, 4.69) is 42.5 Å². The zero-order valence-corrected chi connectivity index (χ0v) is 52.0. The summed E-state index contributed by atoms with van der Waals surface area (Å²) >= 11 is 0. The Bertz CT molecular complexity index is 2880. The number of benzene rings is 4. The maximum atomic E-state index is 14.8. The van der Waals surface area contributed by atoms with Crippen molar-refractivity contribution in [1.82, 2.24) is 52.3 Å². The van der Waals surface area contributed by atoms with E-state index in [0.29, 0.717) is 64.6 Å². The quantitative estimate of drug-likeness (QED) is 0.0263. The van der Waals surface area contributed by atoms with Gasteiger partial charge < -0.3 is 52.3 Å². The zero-order chi connectivity index (χ0) is 62.4. The molecular weight excluding hydrogens is 1110 g/mol. The minimum absolute atomic E-state index is 0.0473. The summed E-state index contributed by atoms with van der Waals surface area (Å²) in [6, 6.07) is 32.8. The Balaban J connectivity index is 0.923. The van der Waals surface area contributed by atoms with Crippen molar-refractivity contribution in [2.24, 2.45) is 11.8 Å². The molecular formula is C70H94N10O8. The molecule has 472 valence electrons. The summed E-state index contributed by atoms with van der Waals surface area (Å²) in [5.74, 6) is -4.16. The number of nitrogens with zero attached hydrogens (tertiary/aromatic N) is 2. The third kappa shape index (κ3) is 17.5. The standard InChI is InChI=1S/C70H94N10O8/c1-47(71-3)63(81)75-59(53-37-21-11-22-38-53)69(87)79-45-27-41-55(79)65(83)77-61(57(49-29-13-7-14-30-49)50-31-15-8-16-32-50)67(85)73-43-25-5-6-26-44-74-68(86)62(58(51-33-17-9-18-34-51)52-35-19-10-20-36-52)78-66(84)56-42-28-46-80(56)70(88)60(54-39-23-12-24-40-54)76-64(82)48(2)72-4/h7-10,13-20,29-36,41,47-48,53-54,56-62,71-72H,5-6,11-12,21-28,37-40,42-46H2,1-4H3,(H,73,85)(H,74,86)(H,75,81)(H,76,82)(H,77,83)(H,78,84)/t47-,48-,56-,59-,60-,61-,62?/m0/s1. The molecule has 0 radical (unpaired) electrons. The Labute approximate surface area is 520 Å². The Kier molecular flexibility index (Phi) is 25.3. The molecule has 7 atom stereocenters. The number of likely N-dealkylation sites (N-methyl/N-ethyl adjacent to an activating group) is 2.